The SMILES string of the molecule is CN(C)c1ccc2nc(C#N)[nH]c(=O)c2c1. The largest absolute Gasteiger partial charge is 0.378 e. The average molecular weight is 214 g/mol. The highest BCUT2D eigenvalue weighted by Gasteiger charge is 2.05. The number of nitrogens with one attached hydrogen (secondary N) is 1. The number of aromatic nitrogens is 2. The molecule has 1 N–H and O–H groups in total. The average Bonchev–Trinajstić information content (AvgIpc) is 2.28. The summed E-state index contributed by atoms with van der Waals surface area (Å²) in [6.45, 7) is 0. The molecule has 5 heteroatoms. The third-order valence-electron chi connectivity index (χ3n) is 2.31. The molecule has 1 heterocycles. The molecule has 2 rings (SSSR count). The molecule has 5 nitrogen and oxygen atoms in total. The molecule has 0 atom stereocenters. The number of rotatable bonds is 1. The van der Waals surface area contributed by atoms with Gasteiger partial charge in [-0.25, -0.2) is 4.98 Å². The minimum Gasteiger partial charge on any atom is -0.378 e. The van der Waals surface area contributed by atoms with Gasteiger partial charge >= 0.3 is 0 Å². The van der Waals surface area contributed by atoms with Gasteiger partial charge in [-0.1, -0.05) is 0 Å². The van der Waals surface area contributed by atoms with Crippen molar-refractivity contribution in [2.45, 2.75) is 0 Å². The van der Waals surface area contributed by atoms with Gasteiger partial charge in [0.25, 0.3) is 5.56 Å². The Morgan fingerprint density at radius 3 is 2.81 bits per heavy atom. The Kier molecular flexibility index (Phi) is 2.33. The number of fused-ring (bicyclic) bond motifs is 1. The number of hydrogen-bond acceptors (Lipinski definition) is 4. The minimum absolute atomic E-state index is 0.0371. The third kappa shape index (κ3) is 1.61. The summed E-state index contributed by atoms with van der Waals surface area (Å²) in [7, 11) is 3.79. The van der Waals surface area contributed by atoms with E-state index in [0.29, 0.717) is 10.9 Å². The highest BCUT2D eigenvalue weighted by atomic mass is 16.1. The summed E-state index contributed by atoms with van der Waals surface area (Å²) in [5.74, 6) is 0.0371. The highest BCUT2D eigenvalue weighted by Crippen LogP contribution is 2.16. The van der Waals surface area contributed by atoms with Crippen LogP contribution >= 0.6 is 0 Å². The smallest absolute Gasteiger partial charge is 0.259 e. The van der Waals surface area contributed by atoms with Crippen LogP contribution in [0.5, 0.6) is 0 Å². The van der Waals surface area contributed by atoms with Gasteiger partial charge in [0.1, 0.15) is 6.07 Å². The first-order chi connectivity index (χ1) is 7.61. The maximum Gasteiger partial charge on any atom is 0.259 e. The van der Waals surface area contributed by atoms with Gasteiger partial charge in [0.15, 0.2) is 0 Å². The molecule has 0 unspecified atom stereocenters. The summed E-state index contributed by atoms with van der Waals surface area (Å²) < 4.78 is 0. The minimum atomic E-state index is -0.287. The van der Waals surface area contributed by atoms with E-state index in [-0.39, 0.29) is 11.4 Å². The van der Waals surface area contributed by atoms with Crippen molar-refractivity contribution in [2.24, 2.45) is 0 Å². The second-order valence-corrected chi connectivity index (χ2v) is 3.62. The lowest BCUT2D eigenvalue weighted by molar-refractivity contribution is 1.11. The number of nitrogens with zero attached hydrogens (tertiary/aromatic N) is 3. The Bertz CT molecular complexity index is 636. The second-order valence-electron chi connectivity index (χ2n) is 3.62. The van der Waals surface area contributed by atoms with Crippen LogP contribution in [0.3, 0.4) is 0 Å². The monoisotopic (exact) mass is 214 g/mol. The molecular formula is C11H10N4O. The van der Waals surface area contributed by atoms with E-state index in [2.05, 4.69) is 9.97 Å². The van der Waals surface area contributed by atoms with E-state index in [1.807, 2.05) is 31.1 Å². The zero-order chi connectivity index (χ0) is 11.7. The fourth-order valence-corrected chi connectivity index (χ4v) is 1.46. The standard InChI is InChI=1S/C11H10N4O/c1-15(2)7-3-4-9-8(5-7)11(16)14-10(6-12)13-9/h3-5H,1-2H3,(H,13,14,16). The Morgan fingerprint density at radius 2 is 2.19 bits per heavy atom. The zero-order valence-electron chi connectivity index (χ0n) is 8.98. The van der Waals surface area contributed by atoms with Crippen LogP contribution in [0.2, 0.25) is 0 Å². The molecule has 0 fully saturated rings. The van der Waals surface area contributed by atoms with Gasteiger partial charge in [0.2, 0.25) is 5.82 Å². The highest BCUT2D eigenvalue weighted by molar-refractivity contribution is 5.81. The molecule has 0 bridgehead atoms. The summed E-state index contributed by atoms with van der Waals surface area (Å²) in [5.41, 5.74) is 1.17. The Hall–Kier alpha value is -2.35. The van der Waals surface area contributed by atoms with Crippen molar-refractivity contribution < 1.29 is 0 Å². The lowest BCUT2D eigenvalue weighted by atomic mass is 10.2. The van der Waals surface area contributed by atoms with Crippen LogP contribution in [0, 0.1) is 11.3 Å². The molecule has 80 valence electrons. The summed E-state index contributed by atoms with van der Waals surface area (Å²) >= 11 is 0. The predicted molar refractivity (Wildman–Crippen MR) is 61.4 cm³/mol. The van der Waals surface area contributed by atoms with E-state index < -0.39 is 0 Å². The summed E-state index contributed by atoms with van der Waals surface area (Å²) in [6.07, 6.45) is 0. The zero-order valence-corrected chi connectivity index (χ0v) is 8.98. The van der Waals surface area contributed by atoms with Crippen LogP contribution in [0.25, 0.3) is 10.9 Å². The van der Waals surface area contributed by atoms with Crippen LogP contribution in [-0.2, 0) is 0 Å². The maximum atomic E-state index is 11.7. The second kappa shape index (κ2) is 3.66. The van der Waals surface area contributed by atoms with E-state index in [4.69, 9.17) is 5.26 Å². The number of H-pyrrole nitrogens is 1. The molecule has 16 heavy (non-hydrogen) atoms. The van der Waals surface area contributed by atoms with E-state index in [1.165, 1.54) is 0 Å². The first kappa shape index (κ1) is 10.2. The van der Waals surface area contributed by atoms with Gasteiger partial charge in [-0.05, 0) is 18.2 Å². The summed E-state index contributed by atoms with van der Waals surface area (Å²) in [6, 6.07) is 7.17. The fourth-order valence-electron chi connectivity index (χ4n) is 1.46. The molecule has 0 saturated heterocycles. The molecule has 2 aromatic rings. The Labute approximate surface area is 92.0 Å². The molecule has 0 saturated carbocycles. The molecule has 0 aliphatic heterocycles. The first-order valence-corrected chi connectivity index (χ1v) is 4.73. The van der Waals surface area contributed by atoms with E-state index in [0.717, 1.165) is 5.69 Å². The Balaban J connectivity index is 2.77. The van der Waals surface area contributed by atoms with Crippen LogP contribution in [0.15, 0.2) is 23.0 Å². The van der Waals surface area contributed by atoms with E-state index in [1.54, 1.807) is 12.1 Å². The van der Waals surface area contributed by atoms with Crippen molar-refractivity contribution in [1.82, 2.24) is 9.97 Å². The third-order valence-corrected chi connectivity index (χ3v) is 2.31. The summed E-state index contributed by atoms with van der Waals surface area (Å²) in [4.78, 5) is 20.0. The summed E-state index contributed by atoms with van der Waals surface area (Å²) in [5, 5.41) is 9.16. The normalized spacial score (nSPS) is 10.1. The van der Waals surface area contributed by atoms with Gasteiger partial charge in [0, 0.05) is 19.8 Å². The topological polar surface area (TPSA) is 72.8 Å². The van der Waals surface area contributed by atoms with Crippen molar-refractivity contribution in [3.05, 3.63) is 34.4 Å². The van der Waals surface area contributed by atoms with Crippen LogP contribution in [0.4, 0.5) is 5.69 Å². The number of benzene rings is 1. The molecule has 1 aromatic heterocycles. The number of anilines is 1. The lowest BCUT2D eigenvalue weighted by Gasteiger charge is -2.12. The van der Waals surface area contributed by atoms with Crippen molar-refractivity contribution in [3.8, 4) is 6.07 Å². The van der Waals surface area contributed by atoms with Crippen LogP contribution in [-0.4, -0.2) is 24.1 Å². The van der Waals surface area contributed by atoms with Crippen molar-refractivity contribution in [2.75, 3.05) is 19.0 Å². The van der Waals surface area contributed by atoms with Crippen LogP contribution < -0.4 is 10.5 Å². The van der Waals surface area contributed by atoms with Gasteiger partial charge < -0.3 is 4.90 Å². The lowest BCUT2D eigenvalue weighted by Crippen LogP contribution is -2.13. The molecule has 0 radical (unpaired) electrons. The molecule has 0 spiro atoms. The van der Waals surface area contributed by atoms with Crippen molar-refractivity contribution in [3.63, 3.8) is 0 Å². The molecule has 1 aromatic carbocycles. The van der Waals surface area contributed by atoms with Crippen molar-refractivity contribution >= 4 is 16.6 Å². The van der Waals surface area contributed by atoms with Crippen LogP contribution in [0.1, 0.15) is 5.82 Å². The molecule has 0 aliphatic rings. The molecule has 0 aliphatic carbocycles. The molecular weight excluding hydrogens is 204 g/mol. The van der Waals surface area contributed by atoms with Crippen molar-refractivity contribution in [1.29, 1.82) is 5.26 Å². The number of nitriles is 1. The van der Waals surface area contributed by atoms with Gasteiger partial charge in [-0.15, -0.1) is 0 Å². The van der Waals surface area contributed by atoms with E-state index in [9.17, 15) is 4.79 Å². The van der Waals surface area contributed by atoms with Gasteiger partial charge in [-0.2, -0.15) is 5.26 Å². The predicted octanol–water partition coefficient (Wildman–Crippen LogP) is 0.861. The van der Waals surface area contributed by atoms with E-state index >= 15 is 0 Å². The quantitative estimate of drug-likeness (QED) is 0.764. The number of hydrogen-bond donors (Lipinski definition) is 1. The Morgan fingerprint density at radius 1 is 1.44 bits per heavy atom. The number of aromatic amines is 1. The molecule has 0 amide bonds. The fraction of sp³-hybridized carbons (Fsp3) is 0.182. The van der Waals surface area contributed by atoms with Gasteiger partial charge in [-0.3, -0.25) is 9.78 Å². The van der Waals surface area contributed by atoms with Gasteiger partial charge in [0.05, 0.1) is 10.9 Å². The maximum absolute atomic E-state index is 11.7. The first-order valence-electron chi connectivity index (χ1n) is 4.73.